The van der Waals surface area contributed by atoms with E-state index in [0.717, 1.165) is 38.4 Å². The summed E-state index contributed by atoms with van der Waals surface area (Å²) in [4.78, 5) is 0. The molecule has 0 atom stereocenters. The van der Waals surface area contributed by atoms with Crippen LogP contribution in [0.5, 0.6) is 0 Å². The minimum atomic E-state index is 0.562. The average molecular weight is 276 g/mol. The summed E-state index contributed by atoms with van der Waals surface area (Å²) in [5, 5.41) is 3.46. The van der Waals surface area contributed by atoms with Crippen LogP contribution in [-0.2, 0) is 24.4 Å². The van der Waals surface area contributed by atoms with Crippen LogP contribution >= 0.6 is 0 Å². The second-order valence-electron chi connectivity index (χ2n) is 4.86. The first-order chi connectivity index (χ1) is 9.90. The van der Waals surface area contributed by atoms with Gasteiger partial charge < -0.3 is 19.0 Å². The Bertz CT molecular complexity index is 463. The topological polar surface area (TPSA) is 39.3 Å². The Hall–Kier alpha value is -1.52. The molecule has 0 unspecified atom stereocenters. The lowest BCUT2D eigenvalue weighted by atomic mass is 10.3. The van der Waals surface area contributed by atoms with Gasteiger partial charge >= 0.3 is 0 Å². The van der Waals surface area contributed by atoms with Crippen LogP contribution in [0.15, 0.2) is 41.1 Å². The van der Waals surface area contributed by atoms with Gasteiger partial charge in [0.05, 0.1) is 6.26 Å². The summed E-state index contributed by atoms with van der Waals surface area (Å²) in [7, 11) is 0. The van der Waals surface area contributed by atoms with Crippen LogP contribution in [0.25, 0.3) is 0 Å². The van der Waals surface area contributed by atoms with E-state index in [4.69, 9.17) is 9.15 Å². The Morgan fingerprint density at radius 3 is 3.05 bits per heavy atom. The Morgan fingerprint density at radius 2 is 2.25 bits per heavy atom. The summed E-state index contributed by atoms with van der Waals surface area (Å²) in [5.74, 6) is 0.885. The van der Waals surface area contributed by atoms with Crippen molar-refractivity contribution >= 4 is 0 Å². The number of nitrogens with one attached hydrogen (secondary N) is 1. The third-order valence-electron chi connectivity index (χ3n) is 3.16. The van der Waals surface area contributed by atoms with Crippen molar-refractivity contribution in [3.8, 4) is 0 Å². The van der Waals surface area contributed by atoms with Crippen molar-refractivity contribution in [1.82, 2.24) is 9.88 Å². The van der Waals surface area contributed by atoms with Gasteiger partial charge in [0, 0.05) is 31.6 Å². The highest BCUT2D eigenvalue weighted by Gasteiger charge is 1.99. The summed E-state index contributed by atoms with van der Waals surface area (Å²) in [6, 6.07) is 8.10. The van der Waals surface area contributed by atoms with E-state index in [-0.39, 0.29) is 0 Å². The van der Waals surface area contributed by atoms with Crippen molar-refractivity contribution in [3.05, 3.63) is 48.2 Å². The first-order valence-corrected chi connectivity index (χ1v) is 7.35. The monoisotopic (exact) mass is 276 g/mol. The number of hydrogen-bond donors (Lipinski definition) is 1. The van der Waals surface area contributed by atoms with E-state index >= 15 is 0 Å². The molecule has 2 aromatic heterocycles. The van der Waals surface area contributed by atoms with Crippen molar-refractivity contribution in [3.63, 3.8) is 0 Å². The minimum Gasteiger partial charge on any atom is -0.467 e. The molecule has 110 valence electrons. The Morgan fingerprint density at radius 1 is 1.30 bits per heavy atom. The third kappa shape index (κ3) is 4.87. The van der Waals surface area contributed by atoms with Crippen LogP contribution < -0.4 is 5.32 Å². The van der Waals surface area contributed by atoms with Crippen LogP contribution in [-0.4, -0.2) is 17.7 Å². The van der Waals surface area contributed by atoms with Gasteiger partial charge in [-0.1, -0.05) is 6.92 Å². The summed E-state index contributed by atoms with van der Waals surface area (Å²) in [5.41, 5.74) is 1.35. The SMILES string of the molecule is CCCn1cccc1CNCCCOCc1ccco1. The zero-order valence-electron chi connectivity index (χ0n) is 12.2. The summed E-state index contributed by atoms with van der Waals surface area (Å²) in [6.45, 7) is 6.50. The third-order valence-corrected chi connectivity index (χ3v) is 3.16. The van der Waals surface area contributed by atoms with Gasteiger partial charge in [-0.2, -0.15) is 0 Å². The quantitative estimate of drug-likeness (QED) is 0.677. The highest BCUT2D eigenvalue weighted by atomic mass is 16.5. The van der Waals surface area contributed by atoms with Crippen LogP contribution in [0.4, 0.5) is 0 Å². The largest absolute Gasteiger partial charge is 0.467 e. The number of nitrogens with zero attached hydrogens (tertiary/aromatic N) is 1. The van der Waals surface area contributed by atoms with Gasteiger partial charge in [-0.25, -0.2) is 0 Å². The zero-order chi connectivity index (χ0) is 14.0. The molecule has 0 amide bonds. The lowest BCUT2D eigenvalue weighted by Crippen LogP contribution is -2.18. The molecule has 2 aromatic rings. The predicted molar refractivity (Wildman–Crippen MR) is 79.4 cm³/mol. The van der Waals surface area contributed by atoms with Crippen LogP contribution in [0.1, 0.15) is 31.2 Å². The maximum absolute atomic E-state index is 5.54. The lowest BCUT2D eigenvalue weighted by molar-refractivity contribution is 0.104. The number of aryl methyl sites for hydroxylation is 1. The van der Waals surface area contributed by atoms with Crippen LogP contribution in [0.3, 0.4) is 0 Å². The van der Waals surface area contributed by atoms with Gasteiger partial charge in [0.15, 0.2) is 0 Å². The minimum absolute atomic E-state index is 0.562. The molecule has 0 bridgehead atoms. The first-order valence-electron chi connectivity index (χ1n) is 7.35. The fraction of sp³-hybridized carbons (Fsp3) is 0.500. The molecule has 0 aliphatic heterocycles. The average Bonchev–Trinajstić information content (AvgIpc) is 3.10. The summed E-state index contributed by atoms with van der Waals surface area (Å²) < 4.78 is 13.0. The normalized spacial score (nSPS) is 11.1. The van der Waals surface area contributed by atoms with Crippen LogP contribution in [0, 0.1) is 0 Å². The fourth-order valence-electron chi connectivity index (χ4n) is 2.15. The maximum Gasteiger partial charge on any atom is 0.129 e. The van der Waals surface area contributed by atoms with Crippen molar-refractivity contribution in [2.45, 2.75) is 39.5 Å². The predicted octanol–water partition coefficient (Wildman–Crippen LogP) is 3.19. The number of hydrogen-bond acceptors (Lipinski definition) is 3. The van der Waals surface area contributed by atoms with Gasteiger partial charge in [-0.05, 0) is 43.7 Å². The standard InChI is InChI=1S/C16H24N2O2/c1-2-9-18-10-3-6-15(18)13-17-8-5-11-19-14-16-7-4-12-20-16/h3-4,6-7,10,12,17H,2,5,8-9,11,13-14H2,1H3. The van der Waals surface area contributed by atoms with E-state index in [1.807, 2.05) is 12.1 Å². The highest BCUT2D eigenvalue weighted by Crippen LogP contribution is 2.04. The Labute approximate surface area is 120 Å². The van der Waals surface area contributed by atoms with Gasteiger partial charge in [0.25, 0.3) is 0 Å². The van der Waals surface area contributed by atoms with E-state index in [1.54, 1.807) is 6.26 Å². The number of ether oxygens (including phenoxy) is 1. The van der Waals surface area contributed by atoms with E-state index in [2.05, 4.69) is 35.1 Å². The second-order valence-corrected chi connectivity index (χ2v) is 4.86. The van der Waals surface area contributed by atoms with Gasteiger partial charge in [0.2, 0.25) is 0 Å². The van der Waals surface area contributed by atoms with E-state index in [0.29, 0.717) is 6.61 Å². The van der Waals surface area contributed by atoms with Gasteiger partial charge in [0.1, 0.15) is 12.4 Å². The number of rotatable bonds is 10. The second kappa shape index (κ2) is 8.61. The molecule has 0 spiro atoms. The molecule has 20 heavy (non-hydrogen) atoms. The van der Waals surface area contributed by atoms with E-state index < -0.39 is 0 Å². The van der Waals surface area contributed by atoms with Gasteiger partial charge in [-0.3, -0.25) is 0 Å². The molecule has 0 aliphatic carbocycles. The Kier molecular flexibility index (Phi) is 6.41. The zero-order valence-corrected chi connectivity index (χ0v) is 12.2. The molecule has 0 aliphatic rings. The van der Waals surface area contributed by atoms with Crippen molar-refractivity contribution in [1.29, 1.82) is 0 Å². The molecule has 4 heteroatoms. The van der Waals surface area contributed by atoms with E-state index in [9.17, 15) is 0 Å². The summed E-state index contributed by atoms with van der Waals surface area (Å²) in [6.07, 6.45) is 6.00. The molecule has 2 rings (SSSR count). The van der Waals surface area contributed by atoms with Crippen molar-refractivity contribution < 1.29 is 9.15 Å². The number of furan rings is 1. The molecule has 1 N–H and O–H groups in total. The molecule has 2 heterocycles. The summed E-state index contributed by atoms with van der Waals surface area (Å²) >= 11 is 0. The maximum atomic E-state index is 5.54. The molecule has 0 aromatic carbocycles. The molecule has 0 saturated heterocycles. The molecule has 0 radical (unpaired) electrons. The van der Waals surface area contributed by atoms with Crippen molar-refractivity contribution in [2.75, 3.05) is 13.2 Å². The van der Waals surface area contributed by atoms with Crippen molar-refractivity contribution in [2.24, 2.45) is 0 Å². The highest BCUT2D eigenvalue weighted by molar-refractivity contribution is 5.06. The van der Waals surface area contributed by atoms with Crippen LogP contribution in [0.2, 0.25) is 0 Å². The molecule has 4 nitrogen and oxygen atoms in total. The molecular formula is C16H24N2O2. The molecule has 0 fully saturated rings. The number of aromatic nitrogens is 1. The first kappa shape index (κ1) is 14.9. The lowest BCUT2D eigenvalue weighted by Gasteiger charge is -2.09. The smallest absolute Gasteiger partial charge is 0.129 e. The fourth-order valence-corrected chi connectivity index (χ4v) is 2.15. The molecule has 0 saturated carbocycles. The van der Waals surface area contributed by atoms with E-state index in [1.165, 1.54) is 12.1 Å². The Balaban J connectivity index is 1.52. The van der Waals surface area contributed by atoms with Gasteiger partial charge in [-0.15, -0.1) is 0 Å². The molecular weight excluding hydrogens is 252 g/mol.